The first-order valence-corrected chi connectivity index (χ1v) is 6.05. The molecule has 0 spiro atoms. The molecule has 1 fully saturated rings. The van der Waals surface area contributed by atoms with Gasteiger partial charge in [0.1, 0.15) is 0 Å². The average Bonchev–Trinajstić information content (AvgIpc) is 2.84. The van der Waals surface area contributed by atoms with Crippen LogP contribution in [-0.4, -0.2) is 30.0 Å². The van der Waals surface area contributed by atoms with Crippen LogP contribution in [0.1, 0.15) is 24.6 Å². The lowest BCUT2D eigenvalue weighted by atomic mass is 10.1. The molecule has 0 saturated carbocycles. The minimum Gasteiger partial charge on any atom is -0.383 e. The van der Waals surface area contributed by atoms with E-state index in [-0.39, 0.29) is 0 Å². The molecular formula is C10H16BrN3O. The number of nitrogens with zero attached hydrogens (tertiary/aromatic N) is 2. The van der Waals surface area contributed by atoms with Gasteiger partial charge < -0.3 is 10.1 Å². The van der Waals surface area contributed by atoms with Gasteiger partial charge in [0.05, 0.1) is 35.6 Å². The molecule has 0 aliphatic carbocycles. The fourth-order valence-corrected chi connectivity index (χ4v) is 2.56. The van der Waals surface area contributed by atoms with E-state index in [1.807, 2.05) is 10.9 Å². The van der Waals surface area contributed by atoms with Gasteiger partial charge in [-0.15, -0.1) is 0 Å². The maximum atomic E-state index is 5.08. The highest BCUT2D eigenvalue weighted by molar-refractivity contribution is 9.10. The third-order valence-electron chi connectivity index (χ3n) is 2.73. The second-order valence-electron chi connectivity index (χ2n) is 3.74. The van der Waals surface area contributed by atoms with Gasteiger partial charge in [0, 0.05) is 7.11 Å². The van der Waals surface area contributed by atoms with Crippen molar-refractivity contribution >= 4 is 15.9 Å². The summed E-state index contributed by atoms with van der Waals surface area (Å²) in [4.78, 5) is 0. The van der Waals surface area contributed by atoms with E-state index in [0.29, 0.717) is 12.6 Å². The first-order chi connectivity index (χ1) is 7.33. The van der Waals surface area contributed by atoms with Gasteiger partial charge in [-0.1, -0.05) is 0 Å². The van der Waals surface area contributed by atoms with Crippen molar-refractivity contribution in [2.45, 2.75) is 25.4 Å². The smallest absolute Gasteiger partial charge is 0.0696 e. The van der Waals surface area contributed by atoms with Crippen LogP contribution in [0.5, 0.6) is 0 Å². The molecule has 84 valence electrons. The molecule has 5 heteroatoms. The predicted molar refractivity (Wildman–Crippen MR) is 61.8 cm³/mol. The maximum absolute atomic E-state index is 5.08. The first kappa shape index (κ1) is 11.1. The average molecular weight is 274 g/mol. The van der Waals surface area contributed by atoms with Gasteiger partial charge in [-0.2, -0.15) is 5.10 Å². The molecular weight excluding hydrogens is 258 g/mol. The fraction of sp³-hybridized carbons (Fsp3) is 0.700. The lowest BCUT2D eigenvalue weighted by Gasteiger charge is -2.13. The van der Waals surface area contributed by atoms with Gasteiger partial charge in [0.15, 0.2) is 0 Å². The SMILES string of the molecule is COCCn1ncc(Br)c1C1CCCN1. The van der Waals surface area contributed by atoms with Gasteiger partial charge in [-0.05, 0) is 35.3 Å². The van der Waals surface area contributed by atoms with E-state index in [1.165, 1.54) is 18.5 Å². The molecule has 2 rings (SSSR count). The molecule has 0 aromatic carbocycles. The zero-order valence-electron chi connectivity index (χ0n) is 8.87. The van der Waals surface area contributed by atoms with E-state index in [4.69, 9.17) is 4.74 Å². The van der Waals surface area contributed by atoms with Crippen LogP contribution in [0.2, 0.25) is 0 Å². The van der Waals surface area contributed by atoms with Crippen LogP contribution in [0.4, 0.5) is 0 Å². The predicted octanol–water partition coefficient (Wildman–Crippen LogP) is 1.72. The lowest BCUT2D eigenvalue weighted by molar-refractivity contribution is 0.181. The Balaban J connectivity index is 2.15. The van der Waals surface area contributed by atoms with E-state index >= 15 is 0 Å². The van der Waals surface area contributed by atoms with Crippen molar-refractivity contribution in [1.29, 1.82) is 0 Å². The Morgan fingerprint density at radius 2 is 2.60 bits per heavy atom. The molecule has 15 heavy (non-hydrogen) atoms. The van der Waals surface area contributed by atoms with E-state index in [1.54, 1.807) is 7.11 Å². The molecule has 1 aromatic rings. The zero-order valence-corrected chi connectivity index (χ0v) is 10.5. The number of rotatable bonds is 4. The molecule has 0 amide bonds. The number of halogens is 1. The van der Waals surface area contributed by atoms with Gasteiger partial charge >= 0.3 is 0 Å². The second-order valence-corrected chi connectivity index (χ2v) is 4.60. The van der Waals surface area contributed by atoms with E-state index < -0.39 is 0 Å². The molecule has 0 bridgehead atoms. The summed E-state index contributed by atoms with van der Waals surface area (Å²) in [6.07, 6.45) is 4.30. The van der Waals surface area contributed by atoms with Crippen LogP contribution in [0.15, 0.2) is 10.7 Å². The third-order valence-corrected chi connectivity index (χ3v) is 3.34. The topological polar surface area (TPSA) is 39.1 Å². The van der Waals surface area contributed by atoms with Gasteiger partial charge in [0.25, 0.3) is 0 Å². The zero-order chi connectivity index (χ0) is 10.7. The Hall–Kier alpha value is -0.390. The number of ether oxygens (including phenoxy) is 1. The molecule has 1 unspecified atom stereocenters. The highest BCUT2D eigenvalue weighted by atomic mass is 79.9. The van der Waals surface area contributed by atoms with Gasteiger partial charge in [0.2, 0.25) is 0 Å². The van der Waals surface area contributed by atoms with Crippen LogP contribution < -0.4 is 5.32 Å². The molecule has 1 aliphatic heterocycles. The van der Waals surface area contributed by atoms with Crippen molar-refractivity contribution in [2.75, 3.05) is 20.3 Å². The molecule has 4 nitrogen and oxygen atoms in total. The van der Waals surface area contributed by atoms with Crippen molar-refractivity contribution < 1.29 is 4.74 Å². The van der Waals surface area contributed by atoms with E-state index in [9.17, 15) is 0 Å². The van der Waals surface area contributed by atoms with Crippen molar-refractivity contribution in [3.05, 3.63) is 16.4 Å². The summed E-state index contributed by atoms with van der Waals surface area (Å²) in [6, 6.07) is 0.443. The summed E-state index contributed by atoms with van der Waals surface area (Å²) < 4.78 is 8.20. The Morgan fingerprint density at radius 1 is 1.73 bits per heavy atom. The summed E-state index contributed by atoms with van der Waals surface area (Å²) in [5, 5.41) is 7.83. The monoisotopic (exact) mass is 273 g/mol. The Kier molecular flexibility index (Phi) is 3.77. The summed E-state index contributed by atoms with van der Waals surface area (Å²) in [5.41, 5.74) is 1.25. The van der Waals surface area contributed by atoms with Gasteiger partial charge in [-0.25, -0.2) is 0 Å². The summed E-state index contributed by atoms with van der Waals surface area (Å²) in [5.74, 6) is 0. The lowest BCUT2D eigenvalue weighted by Crippen LogP contribution is -2.19. The number of hydrogen-bond donors (Lipinski definition) is 1. The molecule has 1 atom stereocenters. The van der Waals surface area contributed by atoms with Crippen molar-refractivity contribution in [3.63, 3.8) is 0 Å². The van der Waals surface area contributed by atoms with Crippen LogP contribution in [0.25, 0.3) is 0 Å². The Morgan fingerprint density at radius 3 is 3.27 bits per heavy atom. The molecule has 0 radical (unpaired) electrons. The number of nitrogens with one attached hydrogen (secondary N) is 1. The largest absolute Gasteiger partial charge is 0.383 e. The minimum absolute atomic E-state index is 0.443. The van der Waals surface area contributed by atoms with Crippen molar-refractivity contribution in [3.8, 4) is 0 Å². The second kappa shape index (κ2) is 5.09. The summed E-state index contributed by atoms with van der Waals surface area (Å²) in [6.45, 7) is 2.62. The first-order valence-electron chi connectivity index (χ1n) is 5.26. The summed E-state index contributed by atoms with van der Waals surface area (Å²) in [7, 11) is 1.71. The summed E-state index contributed by atoms with van der Waals surface area (Å²) >= 11 is 3.55. The molecule has 2 heterocycles. The number of methoxy groups -OCH3 is 1. The normalized spacial score (nSPS) is 21.1. The fourth-order valence-electron chi connectivity index (χ4n) is 1.99. The highest BCUT2D eigenvalue weighted by Gasteiger charge is 2.22. The van der Waals surface area contributed by atoms with Crippen LogP contribution in [0.3, 0.4) is 0 Å². The third kappa shape index (κ3) is 2.41. The number of aromatic nitrogens is 2. The van der Waals surface area contributed by atoms with E-state index in [2.05, 4.69) is 26.3 Å². The number of hydrogen-bond acceptors (Lipinski definition) is 3. The minimum atomic E-state index is 0.443. The Bertz CT molecular complexity index is 320. The molecule has 1 N–H and O–H groups in total. The van der Waals surface area contributed by atoms with Gasteiger partial charge in [-0.3, -0.25) is 4.68 Å². The standard InChI is InChI=1S/C10H16BrN3O/c1-15-6-5-14-10(8(11)7-13-14)9-3-2-4-12-9/h7,9,12H,2-6H2,1H3. The molecule has 1 aliphatic rings. The molecule has 1 aromatic heterocycles. The van der Waals surface area contributed by atoms with Crippen LogP contribution >= 0.6 is 15.9 Å². The van der Waals surface area contributed by atoms with Crippen LogP contribution in [0, 0.1) is 0 Å². The molecule has 1 saturated heterocycles. The Labute approximate surface area is 98.1 Å². The van der Waals surface area contributed by atoms with E-state index in [0.717, 1.165) is 17.6 Å². The van der Waals surface area contributed by atoms with Crippen molar-refractivity contribution in [2.24, 2.45) is 0 Å². The maximum Gasteiger partial charge on any atom is 0.0696 e. The van der Waals surface area contributed by atoms with Crippen molar-refractivity contribution in [1.82, 2.24) is 15.1 Å². The quantitative estimate of drug-likeness (QED) is 0.908. The van der Waals surface area contributed by atoms with Crippen LogP contribution in [-0.2, 0) is 11.3 Å². The highest BCUT2D eigenvalue weighted by Crippen LogP contribution is 2.29.